The second-order valence-corrected chi connectivity index (χ2v) is 8.05. The lowest BCUT2D eigenvalue weighted by Gasteiger charge is -2.57. The summed E-state index contributed by atoms with van der Waals surface area (Å²) < 4.78 is 0. The smallest absolute Gasteiger partial charge is 0.0893 e. The first-order chi connectivity index (χ1) is 12.1. The summed E-state index contributed by atoms with van der Waals surface area (Å²) in [4.78, 5) is 9.63. The van der Waals surface area contributed by atoms with E-state index in [-0.39, 0.29) is 0 Å². The zero-order chi connectivity index (χ0) is 17.0. The minimum absolute atomic E-state index is 0.446. The zero-order valence-corrected chi connectivity index (χ0v) is 14.7. The van der Waals surface area contributed by atoms with Crippen molar-refractivity contribution in [3.8, 4) is 22.6 Å². The Balaban J connectivity index is 1.53. The van der Waals surface area contributed by atoms with Crippen molar-refractivity contribution < 1.29 is 0 Å². The number of nitrogens with zero attached hydrogens (tertiary/aromatic N) is 2. The van der Waals surface area contributed by atoms with E-state index in [4.69, 9.17) is 9.97 Å². The van der Waals surface area contributed by atoms with Gasteiger partial charge in [-0.25, -0.2) is 4.98 Å². The SMILES string of the molecule is CC1(C)[C@@H]2Cc3cc(-c4cccc(-c5ccccc5)n4)ncc3[C@H]1C2. The normalized spacial score (nSPS) is 22.8. The van der Waals surface area contributed by atoms with Gasteiger partial charge in [0, 0.05) is 11.8 Å². The van der Waals surface area contributed by atoms with Gasteiger partial charge >= 0.3 is 0 Å². The topological polar surface area (TPSA) is 25.8 Å². The van der Waals surface area contributed by atoms with E-state index in [0.717, 1.165) is 28.6 Å². The average Bonchev–Trinajstić information content (AvgIpc) is 2.67. The number of hydrogen-bond donors (Lipinski definition) is 0. The fraction of sp³-hybridized carbons (Fsp3) is 0.304. The number of benzene rings is 1. The van der Waals surface area contributed by atoms with Crippen molar-refractivity contribution in [1.29, 1.82) is 0 Å². The maximum Gasteiger partial charge on any atom is 0.0893 e. The van der Waals surface area contributed by atoms with Gasteiger partial charge in [0.15, 0.2) is 0 Å². The maximum absolute atomic E-state index is 4.86. The third-order valence-corrected chi connectivity index (χ3v) is 6.42. The molecular formula is C23H22N2. The van der Waals surface area contributed by atoms with Crippen LogP contribution in [0.1, 0.15) is 37.3 Å². The lowest BCUT2D eigenvalue weighted by Crippen LogP contribution is -2.48. The third kappa shape index (κ3) is 2.24. The van der Waals surface area contributed by atoms with Crippen LogP contribution in [0.25, 0.3) is 22.6 Å². The Hall–Kier alpha value is -2.48. The van der Waals surface area contributed by atoms with Crippen LogP contribution in [-0.2, 0) is 6.42 Å². The molecule has 0 unspecified atom stereocenters. The fourth-order valence-electron chi connectivity index (χ4n) is 4.64. The predicted octanol–water partition coefficient (Wildman–Crippen LogP) is 5.50. The highest BCUT2D eigenvalue weighted by Gasteiger charge is 2.52. The summed E-state index contributed by atoms with van der Waals surface area (Å²) in [7, 11) is 0. The summed E-state index contributed by atoms with van der Waals surface area (Å²) in [5.41, 5.74) is 7.50. The molecule has 3 aliphatic carbocycles. The first-order valence-corrected chi connectivity index (χ1v) is 9.14. The van der Waals surface area contributed by atoms with E-state index < -0.39 is 0 Å². The van der Waals surface area contributed by atoms with E-state index in [0.29, 0.717) is 11.3 Å². The maximum atomic E-state index is 4.86. The van der Waals surface area contributed by atoms with Gasteiger partial charge in [0.05, 0.1) is 17.1 Å². The molecule has 2 aromatic heterocycles. The molecule has 2 bridgehead atoms. The second-order valence-electron chi connectivity index (χ2n) is 8.05. The van der Waals surface area contributed by atoms with Crippen molar-refractivity contribution in [3.63, 3.8) is 0 Å². The van der Waals surface area contributed by atoms with E-state index in [9.17, 15) is 0 Å². The van der Waals surface area contributed by atoms with Gasteiger partial charge in [-0.2, -0.15) is 0 Å². The number of rotatable bonds is 2. The van der Waals surface area contributed by atoms with Crippen LogP contribution in [0.4, 0.5) is 0 Å². The molecular weight excluding hydrogens is 304 g/mol. The van der Waals surface area contributed by atoms with Crippen LogP contribution in [0.2, 0.25) is 0 Å². The summed E-state index contributed by atoms with van der Waals surface area (Å²) in [5.74, 6) is 1.51. The molecule has 3 aromatic rings. The van der Waals surface area contributed by atoms with Crippen molar-refractivity contribution in [3.05, 3.63) is 71.9 Å². The van der Waals surface area contributed by atoms with Crippen LogP contribution >= 0.6 is 0 Å². The van der Waals surface area contributed by atoms with Crippen molar-refractivity contribution in [1.82, 2.24) is 9.97 Å². The van der Waals surface area contributed by atoms with Crippen LogP contribution in [0, 0.1) is 11.3 Å². The summed E-state index contributed by atoms with van der Waals surface area (Å²) in [6, 6.07) is 18.8. The predicted molar refractivity (Wildman–Crippen MR) is 101 cm³/mol. The molecule has 2 nitrogen and oxygen atoms in total. The zero-order valence-electron chi connectivity index (χ0n) is 14.7. The van der Waals surface area contributed by atoms with Gasteiger partial charge in [-0.05, 0) is 59.4 Å². The van der Waals surface area contributed by atoms with E-state index in [1.165, 1.54) is 24.0 Å². The Labute approximate surface area is 149 Å². The van der Waals surface area contributed by atoms with E-state index in [1.54, 1.807) is 0 Å². The minimum atomic E-state index is 0.446. The van der Waals surface area contributed by atoms with Crippen molar-refractivity contribution in [2.75, 3.05) is 0 Å². The standard InChI is InChI=1S/C23H22N2/c1-23(2)17-11-16-12-22(24-14-18(16)19(23)13-17)21-10-6-9-20(25-21)15-7-4-3-5-8-15/h3-10,12,14,17,19H,11,13H2,1-2H3/t17-,19-/m1/s1. The Morgan fingerprint density at radius 2 is 1.72 bits per heavy atom. The third-order valence-electron chi connectivity index (χ3n) is 6.42. The molecule has 0 spiro atoms. The van der Waals surface area contributed by atoms with Gasteiger partial charge in [0.25, 0.3) is 0 Å². The largest absolute Gasteiger partial charge is 0.254 e. The van der Waals surface area contributed by atoms with Gasteiger partial charge < -0.3 is 0 Å². The molecule has 3 aliphatic rings. The molecule has 25 heavy (non-hydrogen) atoms. The van der Waals surface area contributed by atoms with Crippen molar-refractivity contribution >= 4 is 0 Å². The highest BCUT2D eigenvalue weighted by atomic mass is 14.8. The first-order valence-electron chi connectivity index (χ1n) is 9.14. The molecule has 2 heteroatoms. The highest BCUT2D eigenvalue weighted by Crippen LogP contribution is 2.62. The van der Waals surface area contributed by atoms with E-state index in [1.807, 2.05) is 6.07 Å². The highest BCUT2D eigenvalue weighted by molar-refractivity contribution is 5.65. The summed E-state index contributed by atoms with van der Waals surface area (Å²) >= 11 is 0. The van der Waals surface area contributed by atoms with Crippen molar-refractivity contribution in [2.24, 2.45) is 11.3 Å². The Bertz CT molecular complexity index is 943. The molecule has 1 aromatic carbocycles. The quantitative estimate of drug-likeness (QED) is 0.622. The molecule has 2 heterocycles. The summed E-state index contributed by atoms with van der Waals surface area (Å²) in [5, 5.41) is 0. The average molecular weight is 326 g/mol. The van der Waals surface area contributed by atoms with E-state index in [2.05, 4.69) is 68.6 Å². The number of aromatic nitrogens is 2. The van der Waals surface area contributed by atoms with Crippen LogP contribution < -0.4 is 0 Å². The van der Waals surface area contributed by atoms with Gasteiger partial charge in [0.1, 0.15) is 0 Å². The molecule has 1 saturated carbocycles. The van der Waals surface area contributed by atoms with Crippen LogP contribution in [0.15, 0.2) is 60.8 Å². The van der Waals surface area contributed by atoms with Gasteiger partial charge in [0.2, 0.25) is 0 Å². The molecule has 6 rings (SSSR count). The number of hydrogen-bond acceptors (Lipinski definition) is 2. The van der Waals surface area contributed by atoms with Gasteiger partial charge in [-0.3, -0.25) is 4.98 Å². The minimum Gasteiger partial charge on any atom is -0.254 e. The van der Waals surface area contributed by atoms with Gasteiger partial charge in [-0.1, -0.05) is 50.2 Å². The fourth-order valence-corrected chi connectivity index (χ4v) is 4.64. The lowest BCUT2D eigenvalue weighted by molar-refractivity contribution is 0.0183. The van der Waals surface area contributed by atoms with E-state index >= 15 is 0 Å². The van der Waals surface area contributed by atoms with Crippen LogP contribution in [-0.4, -0.2) is 9.97 Å². The Kier molecular flexibility index (Phi) is 3.12. The van der Waals surface area contributed by atoms with Crippen molar-refractivity contribution in [2.45, 2.75) is 32.6 Å². The molecule has 0 aliphatic heterocycles. The Morgan fingerprint density at radius 3 is 2.52 bits per heavy atom. The lowest BCUT2D eigenvalue weighted by atomic mass is 9.47. The van der Waals surface area contributed by atoms with Crippen LogP contribution in [0.5, 0.6) is 0 Å². The summed E-state index contributed by atoms with van der Waals surface area (Å²) in [6.45, 7) is 4.82. The molecule has 0 saturated heterocycles. The molecule has 0 amide bonds. The first kappa shape index (κ1) is 14.8. The monoisotopic (exact) mass is 326 g/mol. The molecule has 124 valence electrons. The van der Waals surface area contributed by atoms with Crippen LogP contribution in [0.3, 0.4) is 0 Å². The molecule has 0 N–H and O–H groups in total. The molecule has 0 radical (unpaired) electrons. The molecule has 1 fully saturated rings. The summed E-state index contributed by atoms with van der Waals surface area (Å²) in [6.07, 6.45) is 4.64. The second kappa shape index (κ2) is 5.26. The molecule has 2 atom stereocenters. The number of pyridine rings is 2. The Morgan fingerprint density at radius 1 is 0.920 bits per heavy atom. The van der Waals surface area contributed by atoms with Gasteiger partial charge in [-0.15, -0.1) is 0 Å².